The van der Waals surface area contributed by atoms with Gasteiger partial charge in [-0.2, -0.15) is 26.3 Å². The maximum absolute atomic E-state index is 12.1. The van der Waals surface area contributed by atoms with E-state index in [0.717, 1.165) is 19.3 Å². The molecule has 0 fully saturated rings. The molecule has 0 aliphatic rings. The lowest BCUT2D eigenvalue weighted by molar-refractivity contribution is -0.143. The molecule has 6 nitrogen and oxygen atoms in total. The second-order valence-corrected chi connectivity index (χ2v) is 8.80. The van der Waals surface area contributed by atoms with Crippen LogP contribution in [0.4, 0.5) is 13.2 Å². The monoisotopic (exact) mass is 419 g/mol. The zero-order valence-electron chi connectivity index (χ0n) is 16.5. The fourth-order valence-electron chi connectivity index (χ4n) is 2.56. The van der Waals surface area contributed by atoms with E-state index in [9.17, 15) is 26.4 Å². The van der Waals surface area contributed by atoms with E-state index in [1.807, 2.05) is 6.92 Å². The van der Waals surface area contributed by atoms with Gasteiger partial charge in [0.2, 0.25) is 0 Å². The number of hydrogen-bond donors (Lipinski definition) is 1. The van der Waals surface area contributed by atoms with Crippen LogP contribution in [0.1, 0.15) is 66.2 Å². The van der Waals surface area contributed by atoms with Crippen molar-refractivity contribution in [1.82, 2.24) is 4.72 Å². The Morgan fingerprint density at radius 2 is 1.78 bits per heavy atom. The summed E-state index contributed by atoms with van der Waals surface area (Å²) in [5, 5.41) is 0. The number of halogens is 3. The van der Waals surface area contributed by atoms with Crippen LogP contribution >= 0.6 is 0 Å². The number of nitrogens with one attached hydrogen (secondary N) is 1. The summed E-state index contributed by atoms with van der Waals surface area (Å²) in [6.07, 6.45) is -1.02. The number of alkyl halides is 3. The fourth-order valence-corrected chi connectivity index (χ4v) is 3.29. The molecule has 0 aromatic rings. The zero-order chi connectivity index (χ0) is 21.1. The number of esters is 1. The first-order valence-electron chi connectivity index (χ1n) is 9.15. The molecule has 27 heavy (non-hydrogen) atoms. The van der Waals surface area contributed by atoms with Gasteiger partial charge in [0.15, 0.2) is 0 Å². The Morgan fingerprint density at radius 1 is 1.15 bits per heavy atom. The maximum atomic E-state index is 12.1. The van der Waals surface area contributed by atoms with Crippen LogP contribution in [0.5, 0.6) is 0 Å². The summed E-state index contributed by atoms with van der Waals surface area (Å²) in [5.41, 5.74) is -0.374. The van der Waals surface area contributed by atoms with Crippen molar-refractivity contribution < 1.29 is 35.3 Å². The Hall–Kier alpha value is -0.870. The number of carbonyl (C=O) groups is 1. The molecule has 1 atom stereocenters. The minimum absolute atomic E-state index is 0.199. The summed E-state index contributed by atoms with van der Waals surface area (Å²) in [6, 6.07) is 0. The van der Waals surface area contributed by atoms with Crippen LogP contribution in [0.3, 0.4) is 0 Å². The molecule has 0 aromatic heterocycles. The van der Waals surface area contributed by atoms with Gasteiger partial charge in [-0.05, 0) is 37.5 Å². The molecule has 0 aliphatic carbocycles. The number of rotatable bonds is 14. The van der Waals surface area contributed by atoms with Crippen LogP contribution in [0.15, 0.2) is 0 Å². The first kappa shape index (κ1) is 26.1. The summed E-state index contributed by atoms with van der Waals surface area (Å²) in [6.45, 7) is 6.18. The fraction of sp³-hybridized carbons (Fsp3) is 0.941. The van der Waals surface area contributed by atoms with E-state index in [1.54, 1.807) is 6.92 Å². The van der Waals surface area contributed by atoms with Crippen molar-refractivity contribution in [1.29, 1.82) is 0 Å². The Kier molecular flexibility index (Phi) is 11.5. The second kappa shape index (κ2) is 11.9. The van der Waals surface area contributed by atoms with Crippen LogP contribution in [0.2, 0.25) is 0 Å². The summed E-state index contributed by atoms with van der Waals surface area (Å²) in [5.74, 6) is 0.190. The van der Waals surface area contributed by atoms with Gasteiger partial charge in [0, 0.05) is 6.42 Å². The van der Waals surface area contributed by atoms with Gasteiger partial charge < -0.3 is 4.74 Å². The molecule has 0 saturated heterocycles. The van der Waals surface area contributed by atoms with Gasteiger partial charge in [0.25, 0.3) is 0 Å². The van der Waals surface area contributed by atoms with E-state index in [4.69, 9.17) is 4.74 Å². The Bertz CT molecular complexity index is 537. The third-order valence-electron chi connectivity index (χ3n) is 4.19. The summed E-state index contributed by atoms with van der Waals surface area (Å²) < 4.78 is 70.3. The van der Waals surface area contributed by atoms with E-state index in [0.29, 0.717) is 18.8 Å². The molecule has 0 radical (unpaired) electrons. The van der Waals surface area contributed by atoms with E-state index in [-0.39, 0.29) is 31.0 Å². The predicted molar refractivity (Wildman–Crippen MR) is 96.2 cm³/mol. The highest BCUT2D eigenvalue weighted by atomic mass is 32.2. The number of carbonyl (C=O) groups excluding carboxylic acids is 1. The predicted octanol–water partition coefficient (Wildman–Crippen LogP) is 3.97. The Morgan fingerprint density at radius 3 is 2.30 bits per heavy atom. The normalized spacial score (nSPS) is 15.0. The van der Waals surface area contributed by atoms with Crippen LogP contribution in [0.25, 0.3) is 0 Å². The molecule has 1 N–H and O–H groups in total. The summed E-state index contributed by atoms with van der Waals surface area (Å²) in [4.78, 5) is 11.6. The average molecular weight is 420 g/mol. The van der Waals surface area contributed by atoms with Crippen molar-refractivity contribution >= 4 is 16.3 Å². The van der Waals surface area contributed by atoms with Crippen molar-refractivity contribution in [2.24, 2.45) is 11.3 Å². The Balaban J connectivity index is 4.66. The van der Waals surface area contributed by atoms with Gasteiger partial charge in [0.1, 0.15) is 6.54 Å². The van der Waals surface area contributed by atoms with Crippen molar-refractivity contribution in [2.75, 3.05) is 19.8 Å². The molecule has 162 valence electrons. The largest absolute Gasteiger partial charge is 0.466 e. The van der Waals surface area contributed by atoms with Crippen molar-refractivity contribution in [3.05, 3.63) is 0 Å². The van der Waals surface area contributed by atoms with Gasteiger partial charge in [-0.3, -0.25) is 8.98 Å². The first-order chi connectivity index (χ1) is 12.3. The van der Waals surface area contributed by atoms with Crippen LogP contribution in [0, 0.1) is 11.3 Å². The molecule has 0 amide bonds. The third-order valence-corrected chi connectivity index (χ3v) is 5.17. The smallest absolute Gasteiger partial charge is 0.402 e. The summed E-state index contributed by atoms with van der Waals surface area (Å²) >= 11 is 0. The molecule has 0 spiro atoms. The van der Waals surface area contributed by atoms with Gasteiger partial charge in [-0.25, -0.2) is 0 Å². The molecule has 0 saturated carbocycles. The molecule has 0 heterocycles. The molecule has 0 aliphatic heterocycles. The van der Waals surface area contributed by atoms with E-state index in [1.165, 1.54) is 4.72 Å². The van der Waals surface area contributed by atoms with E-state index >= 15 is 0 Å². The van der Waals surface area contributed by atoms with Crippen LogP contribution in [-0.2, 0) is 24.0 Å². The molecule has 0 rings (SSSR count). The summed E-state index contributed by atoms with van der Waals surface area (Å²) in [7, 11) is -4.47. The minimum Gasteiger partial charge on any atom is -0.466 e. The molecule has 1 unspecified atom stereocenters. The van der Waals surface area contributed by atoms with Gasteiger partial charge >= 0.3 is 22.4 Å². The second-order valence-electron chi connectivity index (χ2n) is 7.36. The highest BCUT2D eigenvalue weighted by molar-refractivity contribution is 7.84. The maximum Gasteiger partial charge on any atom is 0.402 e. The first-order valence-corrected chi connectivity index (χ1v) is 10.6. The van der Waals surface area contributed by atoms with Crippen molar-refractivity contribution in [3.63, 3.8) is 0 Å². The lowest BCUT2D eigenvalue weighted by Gasteiger charge is -2.29. The lowest BCUT2D eigenvalue weighted by Crippen LogP contribution is -2.35. The van der Waals surface area contributed by atoms with Gasteiger partial charge in [-0.1, -0.05) is 33.6 Å². The molecule has 10 heteroatoms. The highest BCUT2D eigenvalue weighted by Crippen LogP contribution is 2.34. The van der Waals surface area contributed by atoms with E-state index in [2.05, 4.69) is 18.0 Å². The van der Waals surface area contributed by atoms with Gasteiger partial charge in [0.05, 0.1) is 13.2 Å². The van der Waals surface area contributed by atoms with Gasteiger partial charge in [-0.15, -0.1) is 0 Å². The molecule has 0 aromatic carbocycles. The SMILES string of the molecule is CCOC(=O)CCC(C)(CCCC(C)C)CCOS(=O)(=O)NCC(F)(F)F. The quantitative estimate of drug-likeness (QED) is 0.431. The van der Waals surface area contributed by atoms with E-state index < -0.39 is 23.0 Å². The standard InChI is InChI=1S/C17H32F3NO5S/c1-5-25-15(22)8-10-16(4,9-6-7-14(2)3)11-12-26-27(23,24)21-13-17(18,19)20/h14,21H,5-13H2,1-4H3. The van der Waals surface area contributed by atoms with Crippen molar-refractivity contribution in [3.8, 4) is 0 Å². The zero-order valence-corrected chi connectivity index (χ0v) is 17.3. The van der Waals surface area contributed by atoms with Crippen LogP contribution < -0.4 is 4.72 Å². The minimum atomic E-state index is -4.65. The number of ether oxygens (including phenoxy) is 1. The Labute approximate surface area is 160 Å². The molecular formula is C17H32F3NO5S. The lowest BCUT2D eigenvalue weighted by atomic mass is 9.77. The third kappa shape index (κ3) is 14.8. The molecule has 0 bridgehead atoms. The number of hydrogen-bond acceptors (Lipinski definition) is 5. The van der Waals surface area contributed by atoms with Crippen molar-refractivity contribution in [2.45, 2.75) is 72.4 Å². The highest BCUT2D eigenvalue weighted by Gasteiger charge is 2.30. The average Bonchev–Trinajstić information content (AvgIpc) is 2.50. The topological polar surface area (TPSA) is 81.7 Å². The molecular weight excluding hydrogens is 387 g/mol. The van der Waals surface area contributed by atoms with Crippen LogP contribution in [-0.4, -0.2) is 40.3 Å².